The van der Waals surface area contributed by atoms with Gasteiger partial charge in [-0.2, -0.15) is 0 Å². The minimum atomic E-state index is -0.523. The summed E-state index contributed by atoms with van der Waals surface area (Å²) in [5.74, 6) is -0.426. The third kappa shape index (κ3) is 4.27. The average molecular weight is 605 g/mol. The largest absolute Gasteiger partial charge is 0.320 e. The molecule has 0 spiro atoms. The second kappa shape index (κ2) is 7.37. The summed E-state index contributed by atoms with van der Waals surface area (Å²) in [5, 5.41) is 13.6. The molecule has 0 unspecified atom stereocenters. The van der Waals surface area contributed by atoms with Gasteiger partial charge in [-0.3, -0.25) is 14.9 Å². The van der Waals surface area contributed by atoms with E-state index in [1.807, 2.05) is 22.6 Å². The number of anilines is 1. The Morgan fingerprint density at radius 3 is 2.23 bits per heavy atom. The topological polar surface area (TPSA) is 72.2 Å². The number of rotatable bonds is 3. The second-order valence-corrected chi connectivity index (χ2v) is 8.02. The van der Waals surface area contributed by atoms with Crippen LogP contribution in [0.1, 0.15) is 10.4 Å². The van der Waals surface area contributed by atoms with E-state index in [0.717, 1.165) is 4.47 Å². The lowest BCUT2D eigenvalue weighted by Crippen LogP contribution is -2.13. The molecule has 5 nitrogen and oxygen atoms in total. The number of hydrogen-bond acceptors (Lipinski definition) is 3. The summed E-state index contributed by atoms with van der Waals surface area (Å²) >= 11 is 12.0. The minimum Gasteiger partial charge on any atom is -0.320 e. The molecule has 0 atom stereocenters. The molecule has 1 N–H and O–H groups in total. The highest BCUT2D eigenvalue weighted by Crippen LogP contribution is 2.34. The normalized spacial score (nSPS) is 10.4. The van der Waals surface area contributed by atoms with Crippen molar-refractivity contribution in [2.45, 2.75) is 0 Å². The summed E-state index contributed by atoms with van der Waals surface area (Å²) in [7, 11) is 0. The predicted octanol–water partition coefficient (Wildman–Crippen LogP) is 5.74. The Morgan fingerprint density at radius 2 is 1.68 bits per heavy atom. The van der Waals surface area contributed by atoms with Crippen molar-refractivity contribution in [3.05, 3.63) is 63.0 Å². The van der Waals surface area contributed by atoms with Crippen molar-refractivity contribution in [2.75, 3.05) is 5.32 Å². The lowest BCUT2D eigenvalue weighted by atomic mass is 10.2. The highest BCUT2D eigenvalue weighted by molar-refractivity contribution is 14.1. The number of nitrogens with zero attached hydrogens (tertiary/aromatic N) is 1. The van der Waals surface area contributed by atoms with Crippen LogP contribution in [0.4, 0.5) is 11.4 Å². The smallest absolute Gasteiger partial charge is 0.271 e. The summed E-state index contributed by atoms with van der Waals surface area (Å²) in [6.45, 7) is 0. The van der Waals surface area contributed by atoms with Gasteiger partial charge in [-0.15, -0.1) is 0 Å². The average Bonchev–Trinajstić information content (AvgIpc) is 2.41. The number of nitro benzene ring substituents is 1. The maximum atomic E-state index is 12.3. The van der Waals surface area contributed by atoms with Crippen LogP contribution in [0.2, 0.25) is 0 Å². The van der Waals surface area contributed by atoms with Crippen LogP contribution in [0.15, 0.2) is 43.7 Å². The Morgan fingerprint density at radius 1 is 1.09 bits per heavy atom. The number of nitrogens with one attached hydrogen (secondary N) is 1. The number of hydrogen-bond donors (Lipinski definition) is 1. The van der Waals surface area contributed by atoms with E-state index in [1.54, 1.807) is 18.2 Å². The van der Waals surface area contributed by atoms with Crippen LogP contribution in [-0.4, -0.2) is 10.8 Å². The fourth-order valence-corrected chi connectivity index (χ4v) is 4.77. The highest BCUT2D eigenvalue weighted by atomic mass is 127. The molecule has 9 heteroatoms. The molecule has 0 aliphatic carbocycles. The minimum absolute atomic E-state index is 0.119. The molecule has 22 heavy (non-hydrogen) atoms. The molecular formula is C13H6Br3IN2O3. The SMILES string of the molecule is O=C(Nc1c(Br)cc(Br)cc1Br)c1cc(I)cc([N+](=O)[O-])c1. The van der Waals surface area contributed by atoms with Gasteiger partial charge in [0.2, 0.25) is 0 Å². The van der Waals surface area contributed by atoms with E-state index >= 15 is 0 Å². The molecule has 0 aromatic heterocycles. The van der Waals surface area contributed by atoms with Gasteiger partial charge in [-0.1, -0.05) is 15.9 Å². The number of amides is 1. The molecule has 0 saturated carbocycles. The zero-order valence-corrected chi connectivity index (χ0v) is 17.5. The number of carbonyl (C=O) groups excluding carboxylic acids is 1. The van der Waals surface area contributed by atoms with Crippen molar-refractivity contribution in [3.63, 3.8) is 0 Å². The molecule has 0 bridgehead atoms. The second-order valence-electron chi connectivity index (χ2n) is 4.15. The van der Waals surface area contributed by atoms with Crippen molar-refractivity contribution < 1.29 is 9.72 Å². The van der Waals surface area contributed by atoms with E-state index in [-0.39, 0.29) is 11.3 Å². The summed E-state index contributed by atoms with van der Waals surface area (Å²) in [5.41, 5.74) is 0.654. The molecule has 0 aliphatic heterocycles. The van der Waals surface area contributed by atoms with E-state index in [0.29, 0.717) is 18.2 Å². The number of benzene rings is 2. The number of halogens is 4. The van der Waals surface area contributed by atoms with E-state index < -0.39 is 10.8 Å². The van der Waals surface area contributed by atoms with E-state index in [9.17, 15) is 14.9 Å². The third-order valence-corrected chi connectivity index (χ3v) is 4.93. The lowest BCUT2D eigenvalue weighted by molar-refractivity contribution is -0.385. The molecule has 0 heterocycles. The molecule has 0 fully saturated rings. The van der Waals surface area contributed by atoms with Crippen LogP contribution in [0.5, 0.6) is 0 Å². The molecular weight excluding hydrogens is 599 g/mol. The van der Waals surface area contributed by atoms with Crippen LogP contribution in [-0.2, 0) is 0 Å². The van der Waals surface area contributed by atoms with Gasteiger partial charge in [0.1, 0.15) is 0 Å². The van der Waals surface area contributed by atoms with Crippen LogP contribution in [0, 0.1) is 13.7 Å². The van der Waals surface area contributed by atoms with Gasteiger partial charge in [-0.05, 0) is 72.6 Å². The summed E-state index contributed by atoms with van der Waals surface area (Å²) in [6.07, 6.45) is 0. The van der Waals surface area contributed by atoms with Crippen LogP contribution in [0.3, 0.4) is 0 Å². The summed E-state index contributed by atoms with van der Waals surface area (Å²) in [4.78, 5) is 22.7. The van der Waals surface area contributed by atoms with Crippen molar-refractivity contribution in [2.24, 2.45) is 0 Å². The van der Waals surface area contributed by atoms with Crippen LogP contribution >= 0.6 is 70.4 Å². The molecule has 0 aliphatic rings. The van der Waals surface area contributed by atoms with E-state index in [1.165, 1.54) is 12.1 Å². The Labute approximate surface area is 164 Å². The first-order valence-electron chi connectivity index (χ1n) is 5.69. The number of carbonyl (C=O) groups is 1. The number of nitro groups is 1. The van der Waals surface area contributed by atoms with Crippen molar-refractivity contribution in [3.8, 4) is 0 Å². The standard InChI is InChI=1S/C13H6Br3IN2O3/c14-7-3-10(15)12(11(16)4-7)18-13(20)6-1-8(17)5-9(2-6)19(21)22/h1-5H,(H,18,20). The van der Waals surface area contributed by atoms with E-state index in [2.05, 4.69) is 53.1 Å². The predicted molar refractivity (Wildman–Crippen MR) is 103 cm³/mol. The first-order valence-corrected chi connectivity index (χ1v) is 9.14. The van der Waals surface area contributed by atoms with Gasteiger partial charge in [0, 0.05) is 34.7 Å². The molecule has 114 valence electrons. The van der Waals surface area contributed by atoms with Crippen molar-refractivity contribution in [1.29, 1.82) is 0 Å². The fourth-order valence-electron chi connectivity index (χ4n) is 1.66. The Balaban J connectivity index is 2.36. The van der Waals surface area contributed by atoms with Gasteiger partial charge in [0.05, 0.1) is 10.6 Å². The molecule has 1 amide bonds. The zero-order chi connectivity index (χ0) is 16.4. The van der Waals surface area contributed by atoms with Gasteiger partial charge in [0.25, 0.3) is 11.6 Å². The molecule has 2 rings (SSSR count). The molecule has 2 aromatic rings. The maximum absolute atomic E-state index is 12.3. The quantitative estimate of drug-likeness (QED) is 0.276. The van der Waals surface area contributed by atoms with Crippen molar-refractivity contribution in [1.82, 2.24) is 0 Å². The molecule has 0 radical (unpaired) electrons. The van der Waals surface area contributed by atoms with Crippen LogP contribution < -0.4 is 5.32 Å². The third-order valence-electron chi connectivity index (χ3n) is 2.60. The lowest BCUT2D eigenvalue weighted by Gasteiger charge is -2.10. The Hall–Kier alpha value is -0.520. The van der Waals surface area contributed by atoms with Crippen molar-refractivity contribution >= 4 is 87.7 Å². The van der Waals surface area contributed by atoms with Gasteiger partial charge in [-0.25, -0.2) is 0 Å². The first-order chi connectivity index (χ1) is 10.3. The van der Waals surface area contributed by atoms with Gasteiger partial charge in [0.15, 0.2) is 0 Å². The van der Waals surface area contributed by atoms with Gasteiger partial charge >= 0.3 is 0 Å². The highest BCUT2D eigenvalue weighted by Gasteiger charge is 2.16. The molecule has 0 saturated heterocycles. The van der Waals surface area contributed by atoms with E-state index in [4.69, 9.17) is 0 Å². The fraction of sp³-hybridized carbons (Fsp3) is 0. The Kier molecular flexibility index (Phi) is 5.97. The van der Waals surface area contributed by atoms with Gasteiger partial charge < -0.3 is 5.32 Å². The monoisotopic (exact) mass is 602 g/mol. The number of non-ortho nitro benzene ring substituents is 1. The molecule has 2 aromatic carbocycles. The zero-order valence-electron chi connectivity index (χ0n) is 10.6. The maximum Gasteiger partial charge on any atom is 0.271 e. The summed E-state index contributed by atoms with van der Waals surface area (Å²) < 4.78 is 2.82. The Bertz CT molecular complexity index is 760. The first kappa shape index (κ1) is 17.8. The van der Waals surface area contributed by atoms with Crippen LogP contribution in [0.25, 0.3) is 0 Å². The summed E-state index contributed by atoms with van der Waals surface area (Å²) in [6, 6.07) is 7.82.